The van der Waals surface area contributed by atoms with Crippen molar-refractivity contribution in [1.82, 2.24) is 14.8 Å². The summed E-state index contributed by atoms with van der Waals surface area (Å²) in [7, 11) is -3.89. The predicted molar refractivity (Wildman–Crippen MR) is 149 cm³/mol. The van der Waals surface area contributed by atoms with Crippen molar-refractivity contribution in [2.75, 3.05) is 31.0 Å². The Hall–Kier alpha value is -3.66. The maximum absolute atomic E-state index is 13.2. The Balaban J connectivity index is 1.17. The molecule has 1 N–H and O–H groups in total. The van der Waals surface area contributed by atoms with Gasteiger partial charge < -0.3 is 14.5 Å². The summed E-state index contributed by atoms with van der Waals surface area (Å²) in [6.07, 6.45) is 7.16. The lowest BCUT2D eigenvalue weighted by atomic mass is 10.1. The molecule has 39 heavy (non-hydrogen) atoms. The maximum Gasteiger partial charge on any atom is 0.409 e. The number of hydrogen-bond acceptors (Lipinski definition) is 6. The molecular formula is C29H34N4O5S. The minimum Gasteiger partial charge on any atom is -0.449 e. The van der Waals surface area contributed by atoms with Crippen LogP contribution in [0.1, 0.15) is 49.4 Å². The molecular weight excluding hydrogens is 516 g/mol. The maximum atomic E-state index is 13.2. The van der Waals surface area contributed by atoms with Gasteiger partial charge in [0.1, 0.15) is 4.90 Å². The summed E-state index contributed by atoms with van der Waals surface area (Å²) >= 11 is 0. The number of amides is 2. The molecule has 0 bridgehead atoms. The molecule has 1 aromatic heterocycles. The first kappa shape index (κ1) is 26.9. The molecule has 5 rings (SSSR count). The highest BCUT2D eigenvalue weighted by molar-refractivity contribution is 7.93. The van der Waals surface area contributed by atoms with Gasteiger partial charge in [-0.05, 0) is 55.7 Å². The number of piperazine rings is 1. The molecule has 1 unspecified atom stereocenters. The fraction of sp³-hybridized carbons (Fsp3) is 0.414. The molecule has 2 fully saturated rings. The van der Waals surface area contributed by atoms with Crippen LogP contribution in [0.3, 0.4) is 0 Å². The van der Waals surface area contributed by atoms with Crippen molar-refractivity contribution in [2.45, 2.75) is 50.0 Å². The van der Waals surface area contributed by atoms with Gasteiger partial charge >= 0.3 is 6.09 Å². The molecule has 9 nitrogen and oxygen atoms in total. The number of nitrogens with zero attached hydrogens (tertiary/aromatic N) is 3. The summed E-state index contributed by atoms with van der Waals surface area (Å²) in [5.74, 6) is 0.507. The molecule has 10 heteroatoms. The smallest absolute Gasteiger partial charge is 0.409 e. The fourth-order valence-electron chi connectivity index (χ4n) is 5.48. The van der Waals surface area contributed by atoms with E-state index < -0.39 is 10.0 Å². The second-order valence-electron chi connectivity index (χ2n) is 10.4. The Kier molecular flexibility index (Phi) is 8.02. The number of rotatable bonds is 7. The highest BCUT2D eigenvalue weighted by Crippen LogP contribution is 2.27. The van der Waals surface area contributed by atoms with Crippen LogP contribution in [0.2, 0.25) is 0 Å². The van der Waals surface area contributed by atoms with Gasteiger partial charge in [0, 0.05) is 48.5 Å². The van der Waals surface area contributed by atoms with Crippen molar-refractivity contribution in [3.05, 3.63) is 66.4 Å². The fourth-order valence-corrected chi connectivity index (χ4v) is 6.72. The van der Waals surface area contributed by atoms with Gasteiger partial charge in [0.15, 0.2) is 0 Å². The monoisotopic (exact) mass is 550 g/mol. The van der Waals surface area contributed by atoms with E-state index in [2.05, 4.69) is 9.71 Å². The number of aromatic nitrogens is 1. The van der Waals surface area contributed by atoms with E-state index in [4.69, 9.17) is 4.74 Å². The van der Waals surface area contributed by atoms with E-state index in [0.717, 1.165) is 11.8 Å². The van der Waals surface area contributed by atoms with Crippen LogP contribution < -0.4 is 4.72 Å². The van der Waals surface area contributed by atoms with E-state index in [9.17, 15) is 18.0 Å². The van der Waals surface area contributed by atoms with Crippen LogP contribution in [0.5, 0.6) is 0 Å². The van der Waals surface area contributed by atoms with Gasteiger partial charge in [0.2, 0.25) is 0 Å². The van der Waals surface area contributed by atoms with E-state index in [1.807, 2.05) is 19.1 Å². The van der Waals surface area contributed by atoms with Gasteiger partial charge in [-0.2, -0.15) is 0 Å². The highest BCUT2D eigenvalue weighted by Gasteiger charge is 2.31. The van der Waals surface area contributed by atoms with Crippen molar-refractivity contribution < 1.29 is 22.7 Å². The molecule has 2 amide bonds. The first-order chi connectivity index (χ1) is 18.8. The Labute approximate surface area is 229 Å². The summed E-state index contributed by atoms with van der Waals surface area (Å²) in [5, 5.41) is 0.730. The normalized spacial score (nSPS) is 18.3. The van der Waals surface area contributed by atoms with Gasteiger partial charge in [-0.1, -0.05) is 43.9 Å². The summed E-state index contributed by atoms with van der Waals surface area (Å²) in [4.78, 5) is 33.5. The Bertz CT molecular complexity index is 1430. The summed E-state index contributed by atoms with van der Waals surface area (Å²) < 4.78 is 34.2. The average molecular weight is 551 g/mol. The number of sulfonamides is 1. The van der Waals surface area contributed by atoms with Gasteiger partial charge in [-0.3, -0.25) is 14.5 Å². The van der Waals surface area contributed by atoms with E-state index in [1.54, 1.807) is 52.4 Å². The minimum absolute atomic E-state index is 0.0875. The molecule has 1 saturated carbocycles. The Morgan fingerprint density at radius 1 is 1.03 bits per heavy atom. The van der Waals surface area contributed by atoms with Crippen LogP contribution >= 0.6 is 0 Å². The molecule has 2 heterocycles. The zero-order chi connectivity index (χ0) is 27.4. The van der Waals surface area contributed by atoms with Crippen molar-refractivity contribution >= 4 is 38.6 Å². The lowest BCUT2D eigenvalue weighted by molar-refractivity contribution is 0.0403. The van der Waals surface area contributed by atoms with Crippen LogP contribution in [0, 0.1) is 5.92 Å². The zero-order valence-corrected chi connectivity index (χ0v) is 22.9. The predicted octanol–water partition coefficient (Wildman–Crippen LogP) is 4.90. The number of hydrogen-bond donors (Lipinski definition) is 1. The zero-order valence-electron chi connectivity index (χ0n) is 22.1. The van der Waals surface area contributed by atoms with Gasteiger partial charge in [0.25, 0.3) is 15.9 Å². The Morgan fingerprint density at radius 2 is 1.77 bits per heavy atom. The summed E-state index contributed by atoms with van der Waals surface area (Å²) in [6.45, 7) is 3.58. The second-order valence-corrected chi connectivity index (χ2v) is 12.0. The number of pyridine rings is 1. The lowest BCUT2D eigenvalue weighted by Gasteiger charge is -2.39. The largest absolute Gasteiger partial charge is 0.449 e. The van der Waals surface area contributed by atoms with Crippen molar-refractivity contribution in [1.29, 1.82) is 0 Å². The van der Waals surface area contributed by atoms with Gasteiger partial charge in [0.05, 0.1) is 12.1 Å². The van der Waals surface area contributed by atoms with Crippen LogP contribution in [0.25, 0.3) is 10.9 Å². The van der Waals surface area contributed by atoms with Crippen molar-refractivity contribution in [3.8, 4) is 0 Å². The topological polar surface area (TPSA) is 109 Å². The summed E-state index contributed by atoms with van der Waals surface area (Å²) in [6, 6.07) is 14.8. The molecule has 0 radical (unpaired) electrons. The molecule has 2 aromatic carbocycles. The van der Waals surface area contributed by atoms with Crippen LogP contribution in [-0.2, 0) is 14.8 Å². The number of anilines is 1. The molecule has 1 aliphatic carbocycles. The number of carbonyl (C=O) groups excluding carboxylic acids is 2. The third kappa shape index (κ3) is 6.16. The number of benzene rings is 2. The Morgan fingerprint density at radius 3 is 2.51 bits per heavy atom. The first-order valence-corrected chi connectivity index (χ1v) is 15.0. The van der Waals surface area contributed by atoms with E-state index in [0.29, 0.717) is 48.9 Å². The standard InChI is InChI=1S/C29H34N4O5S/c1-21-20-32(29(35)38-19-15-22-6-2-3-7-22)17-18-33(21)28(34)24-11-13-25(14-12-24)31-39(36,37)26-10-4-8-23-9-5-16-30-27(23)26/h4-5,8-14,16,21-22,31H,2-3,6-7,15,17-20H2,1H3. The number of ether oxygens (including phenoxy) is 1. The minimum atomic E-state index is -3.89. The number of carbonyl (C=O) groups is 2. The lowest BCUT2D eigenvalue weighted by Crippen LogP contribution is -2.55. The van der Waals surface area contributed by atoms with Crippen LogP contribution in [0.4, 0.5) is 10.5 Å². The second kappa shape index (κ2) is 11.6. The molecule has 206 valence electrons. The van der Waals surface area contributed by atoms with Crippen LogP contribution in [-0.4, -0.2) is 67.5 Å². The summed E-state index contributed by atoms with van der Waals surface area (Å²) in [5.41, 5.74) is 1.19. The SMILES string of the molecule is CC1CN(C(=O)OCCC2CCCC2)CCN1C(=O)c1ccc(NS(=O)(=O)c2cccc3cccnc23)cc1. The van der Waals surface area contributed by atoms with E-state index in [-0.39, 0.29) is 22.9 Å². The molecule has 1 aliphatic heterocycles. The van der Waals surface area contributed by atoms with Gasteiger partial charge in [-0.15, -0.1) is 0 Å². The molecule has 2 aliphatic rings. The highest BCUT2D eigenvalue weighted by atomic mass is 32.2. The molecule has 1 saturated heterocycles. The van der Waals surface area contributed by atoms with Crippen LogP contribution in [0.15, 0.2) is 65.7 Å². The molecule has 0 spiro atoms. The number of fused-ring (bicyclic) bond motifs is 1. The van der Waals surface area contributed by atoms with E-state index >= 15 is 0 Å². The number of nitrogens with one attached hydrogen (secondary N) is 1. The number of para-hydroxylation sites is 1. The van der Waals surface area contributed by atoms with Crippen molar-refractivity contribution in [2.24, 2.45) is 5.92 Å². The third-order valence-corrected chi connectivity index (χ3v) is 9.06. The molecule has 1 atom stereocenters. The van der Waals surface area contributed by atoms with Crippen molar-refractivity contribution in [3.63, 3.8) is 0 Å². The molecule has 3 aromatic rings. The third-order valence-electron chi connectivity index (χ3n) is 7.64. The first-order valence-electron chi connectivity index (χ1n) is 13.5. The van der Waals surface area contributed by atoms with E-state index in [1.165, 1.54) is 31.7 Å². The average Bonchev–Trinajstić information content (AvgIpc) is 3.46. The quantitative estimate of drug-likeness (QED) is 0.448. The van der Waals surface area contributed by atoms with Gasteiger partial charge in [-0.25, -0.2) is 13.2 Å².